The van der Waals surface area contributed by atoms with Gasteiger partial charge in [0.1, 0.15) is 12.4 Å². The van der Waals surface area contributed by atoms with Crippen LogP contribution in [0.2, 0.25) is 0 Å². The van der Waals surface area contributed by atoms with Crippen LogP contribution in [-0.4, -0.2) is 23.4 Å². The first-order valence-electron chi connectivity index (χ1n) is 4.67. The Morgan fingerprint density at radius 3 is 2.71 bits per heavy atom. The van der Waals surface area contributed by atoms with E-state index in [9.17, 15) is 5.11 Å². The fraction of sp³-hybridized carbons (Fsp3) is 0.455. The highest BCUT2D eigenvalue weighted by Gasteiger charge is 2.08. The third-order valence-electron chi connectivity index (χ3n) is 1.97. The first kappa shape index (κ1) is 11.0. The smallest absolute Gasteiger partial charge is 0.125 e. The number of benzene rings is 1. The van der Waals surface area contributed by atoms with Gasteiger partial charge in [-0.25, -0.2) is 0 Å². The summed E-state index contributed by atoms with van der Waals surface area (Å²) < 4.78 is 5.32. The van der Waals surface area contributed by atoms with Gasteiger partial charge in [0.2, 0.25) is 0 Å². The van der Waals surface area contributed by atoms with Crippen LogP contribution in [0, 0.1) is 6.92 Å². The lowest BCUT2D eigenvalue weighted by Gasteiger charge is -2.13. The molecule has 14 heavy (non-hydrogen) atoms. The van der Waals surface area contributed by atoms with Crippen molar-refractivity contribution >= 4 is 0 Å². The van der Waals surface area contributed by atoms with E-state index in [4.69, 9.17) is 9.84 Å². The molecular weight excluding hydrogens is 180 g/mol. The molecule has 1 aromatic carbocycles. The maximum atomic E-state index is 9.45. The van der Waals surface area contributed by atoms with Gasteiger partial charge < -0.3 is 14.9 Å². The highest BCUT2D eigenvalue weighted by atomic mass is 16.5. The number of hydrogen-bond donors (Lipinski definition) is 2. The Hall–Kier alpha value is -1.06. The van der Waals surface area contributed by atoms with Gasteiger partial charge in [0, 0.05) is 5.56 Å². The Bertz CT molecular complexity index is 295. The first-order chi connectivity index (χ1) is 6.65. The van der Waals surface area contributed by atoms with Crippen LogP contribution in [0.4, 0.5) is 0 Å². The highest BCUT2D eigenvalue weighted by Crippen LogP contribution is 2.26. The van der Waals surface area contributed by atoms with Crippen LogP contribution in [0.1, 0.15) is 24.2 Å². The molecule has 1 atom stereocenters. The number of hydrogen-bond acceptors (Lipinski definition) is 3. The predicted octanol–water partition coefficient (Wildman–Crippen LogP) is 1.42. The van der Waals surface area contributed by atoms with Gasteiger partial charge in [-0.15, -0.1) is 0 Å². The van der Waals surface area contributed by atoms with E-state index in [0.29, 0.717) is 5.75 Å². The largest absolute Gasteiger partial charge is 0.491 e. The molecule has 0 aliphatic carbocycles. The van der Waals surface area contributed by atoms with Crippen molar-refractivity contribution in [3.8, 4) is 5.75 Å². The molecule has 3 heteroatoms. The first-order valence-corrected chi connectivity index (χ1v) is 4.67. The molecule has 1 aromatic rings. The molecule has 0 aliphatic heterocycles. The minimum Gasteiger partial charge on any atom is -0.491 e. The van der Waals surface area contributed by atoms with Gasteiger partial charge in [0.15, 0.2) is 0 Å². The monoisotopic (exact) mass is 196 g/mol. The van der Waals surface area contributed by atoms with Gasteiger partial charge in [-0.05, 0) is 25.5 Å². The number of aliphatic hydroxyl groups is 2. The van der Waals surface area contributed by atoms with Crippen molar-refractivity contribution in [1.82, 2.24) is 0 Å². The van der Waals surface area contributed by atoms with Crippen molar-refractivity contribution in [3.63, 3.8) is 0 Å². The van der Waals surface area contributed by atoms with E-state index < -0.39 is 6.10 Å². The molecule has 0 aromatic heterocycles. The van der Waals surface area contributed by atoms with Crippen LogP contribution < -0.4 is 4.74 Å². The number of rotatable bonds is 4. The second-order valence-corrected chi connectivity index (χ2v) is 3.29. The van der Waals surface area contributed by atoms with Crippen molar-refractivity contribution in [2.24, 2.45) is 0 Å². The second kappa shape index (κ2) is 4.98. The molecule has 2 N–H and O–H groups in total. The third-order valence-corrected chi connectivity index (χ3v) is 1.97. The van der Waals surface area contributed by atoms with Crippen LogP contribution in [0.15, 0.2) is 18.2 Å². The molecule has 0 bridgehead atoms. The minimum absolute atomic E-state index is 0.0206. The van der Waals surface area contributed by atoms with E-state index in [1.54, 1.807) is 6.92 Å². The molecule has 3 nitrogen and oxygen atoms in total. The van der Waals surface area contributed by atoms with Crippen LogP contribution in [0.25, 0.3) is 0 Å². The molecule has 1 unspecified atom stereocenters. The summed E-state index contributed by atoms with van der Waals surface area (Å²) in [6, 6.07) is 5.62. The van der Waals surface area contributed by atoms with Gasteiger partial charge in [-0.1, -0.05) is 12.1 Å². The summed E-state index contributed by atoms with van der Waals surface area (Å²) in [6.45, 7) is 3.88. The Balaban J connectivity index is 2.91. The van der Waals surface area contributed by atoms with E-state index in [1.807, 2.05) is 25.1 Å². The van der Waals surface area contributed by atoms with Gasteiger partial charge >= 0.3 is 0 Å². The Morgan fingerprint density at radius 1 is 1.43 bits per heavy atom. The van der Waals surface area contributed by atoms with Gasteiger partial charge in [0.25, 0.3) is 0 Å². The zero-order valence-corrected chi connectivity index (χ0v) is 8.53. The maximum absolute atomic E-state index is 9.45. The summed E-state index contributed by atoms with van der Waals surface area (Å²) in [5, 5.41) is 18.1. The summed E-state index contributed by atoms with van der Waals surface area (Å²) in [4.78, 5) is 0. The Labute approximate surface area is 84.0 Å². The van der Waals surface area contributed by atoms with E-state index in [1.165, 1.54) is 0 Å². The van der Waals surface area contributed by atoms with E-state index in [0.717, 1.165) is 11.1 Å². The molecular formula is C11H16O3. The van der Waals surface area contributed by atoms with Gasteiger partial charge in [-0.3, -0.25) is 0 Å². The minimum atomic E-state index is -0.552. The van der Waals surface area contributed by atoms with Crippen molar-refractivity contribution in [1.29, 1.82) is 0 Å². The zero-order chi connectivity index (χ0) is 10.6. The molecule has 78 valence electrons. The molecule has 0 saturated carbocycles. The molecule has 0 fully saturated rings. The Morgan fingerprint density at radius 2 is 2.14 bits per heavy atom. The average molecular weight is 196 g/mol. The van der Waals surface area contributed by atoms with Crippen molar-refractivity contribution in [2.75, 3.05) is 13.2 Å². The number of aryl methyl sites for hydroxylation is 1. The van der Waals surface area contributed by atoms with Crippen molar-refractivity contribution < 1.29 is 14.9 Å². The van der Waals surface area contributed by atoms with Crippen LogP contribution >= 0.6 is 0 Å². The summed E-state index contributed by atoms with van der Waals surface area (Å²) in [5.74, 6) is 0.647. The molecule has 0 heterocycles. The van der Waals surface area contributed by atoms with E-state index in [-0.39, 0.29) is 13.2 Å². The molecule has 0 saturated heterocycles. The molecule has 0 spiro atoms. The standard InChI is InChI=1S/C11H16O3/c1-8-3-4-10(9(2)13)11(7-8)14-6-5-12/h3-4,7,9,12-13H,5-6H2,1-2H3. The molecule has 0 aliphatic rings. The average Bonchev–Trinajstić information content (AvgIpc) is 2.14. The molecule has 0 amide bonds. The summed E-state index contributed by atoms with van der Waals surface area (Å²) in [7, 11) is 0. The van der Waals surface area contributed by atoms with Crippen molar-refractivity contribution in [2.45, 2.75) is 20.0 Å². The third kappa shape index (κ3) is 2.72. The Kier molecular flexibility index (Phi) is 3.92. The van der Waals surface area contributed by atoms with Crippen LogP contribution in [0.3, 0.4) is 0 Å². The maximum Gasteiger partial charge on any atom is 0.125 e. The normalized spacial score (nSPS) is 12.6. The van der Waals surface area contributed by atoms with Gasteiger partial charge in [0.05, 0.1) is 12.7 Å². The van der Waals surface area contributed by atoms with E-state index >= 15 is 0 Å². The fourth-order valence-electron chi connectivity index (χ4n) is 1.27. The van der Waals surface area contributed by atoms with E-state index in [2.05, 4.69) is 0 Å². The lowest BCUT2D eigenvalue weighted by atomic mass is 10.1. The molecule has 0 radical (unpaired) electrons. The topological polar surface area (TPSA) is 49.7 Å². The number of aliphatic hydroxyl groups excluding tert-OH is 2. The zero-order valence-electron chi connectivity index (χ0n) is 8.53. The highest BCUT2D eigenvalue weighted by molar-refractivity contribution is 5.38. The fourth-order valence-corrected chi connectivity index (χ4v) is 1.27. The summed E-state index contributed by atoms with van der Waals surface area (Å²) in [5.41, 5.74) is 1.83. The van der Waals surface area contributed by atoms with Gasteiger partial charge in [-0.2, -0.15) is 0 Å². The lowest BCUT2D eigenvalue weighted by Crippen LogP contribution is -2.05. The van der Waals surface area contributed by atoms with Crippen molar-refractivity contribution in [3.05, 3.63) is 29.3 Å². The van der Waals surface area contributed by atoms with Crippen LogP contribution in [-0.2, 0) is 0 Å². The van der Waals surface area contributed by atoms with Crippen LogP contribution in [0.5, 0.6) is 5.75 Å². The number of ether oxygens (including phenoxy) is 1. The summed E-state index contributed by atoms with van der Waals surface area (Å²) in [6.07, 6.45) is -0.552. The second-order valence-electron chi connectivity index (χ2n) is 3.29. The predicted molar refractivity (Wildman–Crippen MR) is 54.4 cm³/mol. The quantitative estimate of drug-likeness (QED) is 0.765. The summed E-state index contributed by atoms with van der Waals surface area (Å²) >= 11 is 0. The SMILES string of the molecule is Cc1ccc(C(C)O)c(OCCO)c1. The lowest BCUT2D eigenvalue weighted by molar-refractivity contribution is 0.177. The molecule has 1 rings (SSSR count).